The molecule has 1 heterocycles. The number of carbonyl (C=O) groups is 2. The second kappa shape index (κ2) is 7.18. The molecule has 2 aliphatic rings. The Morgan fingerprint density at radius 2 is 1.81 bits per heavy atom. The van der Waals surface area contributed by atoms with E-state index >= 15 is 0 Å². The van der Waals surface area contributed by atoms with Gasteiger partial charge in [0.2, 0.25) is 11.8 Å². The number of carbonyl (C=O) groups excluding carboxylic acids is 2. The summed E-state index contributed by atoms with van der Waals surface area (Å²) in [6.45, 7) is 2.82. The van der Waals surface area contributed by atoms with E-state index in [1.54, 1.807) is 0 Å². The number of nitrogens with one attached hydrogen (secondary N) is 1. The number of hydrogen-bond donors (Lipinski definition) is 1. The SMILES string of the molecule is Cc1cccc(C2(C(=O)Nc3cccc(N4CCCC4=O)c3)CCCC2)c1. The molecular weight excluding hydrogens is 336 g/mol. The van der Waals surface area contributed by atoms with E-state index in [1.807, 2.05) is 35.2 Å². The molecular formula is C23H26N2O2. The van der Waals surface area contributed by atoms with Gasteiger partial charge >= 0.3 is 0 Å². The largest absolute Gasteiger partial charge is 0.325 e. The lowest BCUT2D eigenvalue weighted by molar-refractivity contribution is -0.121. The second-order valence-corrected chi connectivity index (χ2v) is 7.81. The normalized spacial score (nSPS) is 18.7. The molecule has 1 aliphatic heterocycles. The van der Waals surface area contributed by atoms with E-state index in [-0.39, 0.29) is 11.8 Å². The minimum absolute atomic E-state index is 0.0653. The van der Waals surface area contributed by atoms with Crippen LogP contribution < -0.4 is 10.2 Å². The zero-order chi connectivity index (χ0) is 18.9. The van der Waals surface area contributed by atoms with Crippen molar-refractivity contribution >= 4 is 23.2 Å². The first kappa shape index (κ1) is 17.8. The van der Waals surface area contributed by atoms with Gasteiger partial charge in [-0.1, -0.05) is 48.7 Å². The molecule has 2 aromatic rings. The van der Waals surface area contributed by atoms with Gasteiger partial charge in [0.25, 0.3) is 0 Å². The fourth-order valence-corrected chi connectivity index (χ4v) is 4.49. The molecule has 2 amide bonds. The minimum atomic E-state index is -0.453. The predicted octanol–water partition coefficient (Wildman–Crippen LogP) is 4.57. The number of hydrogen-bond acceptors (Lipinski definition) is 2. The molecule has 2 fully saturated rings. The summed E-state index contributed by atoms with van der Waals surface area (Å²) in [5.41, 5.74) is 3.47. The average molecular weight is 362 g/mol. The second-order valence-electron chi connectivity index (χ2n) is 7.81. The van der Waals surface area contributed by atoms with Crippen LogP contribution in [0.2, 0.25) is 0 Å². The Kier molecular flexibility index (Phi) is 4.73. The van der Waals surface area contributed by atoms with Gasteiger partial charge in [-0.2, -0.15) is 0 Å². The summed E-state index contributed by atoms with van der Waals surface area (Å²) in [6, 6.07) is 16.0. The third-order valence-electron chi connectivity index (χ3n) is 5.95. The van der Waals surface area contributed by atoms with E-state index in [1.165, 1.54) is 5.56 Å². The molecule has 140 valence electrons. The van der Waals surface area contributed by atoms with E-state index in [2.05, 4.69) is 30.4 Å². The third kappa shape index (κ3) is 3.36. The lowest BCUT2D eigenvalue weighted by Gasteiger charge is -2.29. The zero-order valence-electron chi connectivity index (χ0n) is 15.8. The van der Waals surface area contributed by atoms with Crippen LogP contribution in [-0.2, 0) is 15.0 Å². The van der Waals surface area contributed by atoms with Crippen LogP contribution in [-0.4, -0.2) is 18.4 Å². The van der Waals surface area contributed by atoms with Gasteiger partial charge in [0.1, 0.15) is 0 Å². The Labute approximate surface area is 160 Å². The highest BCUT2D eigenvalue weighted by Crippen LogP contribution is 2.42. The maximum Gasteiger partial charge on any atom is 0.235 e. The van der Waals surface area contributed by atoms with Gasteiger partial charge in [0.05, 0.1) is 5.41 Å². The van der Waals surface area contributed by atoms with Gasteiger partial charge in [0, 0.05) is 24.3 Å². The first-order valence-corrected chi connectivity index (χ1v) is 9.88. The molecule has 1 N–H and O–H groups in total. The summed E-state index contributed by atoms with van der Waals surface area (Å²) >= 11 is 0. The van der Waals surface area contributed by atoms with Crippen LogP contribution in [0.15, 0.2) is 48.5 Å². The first-order valence-electron chi connectivity index (χ1n) is 9.88. The molecule has 0 unspecified atom stereocenters. The molecule has 4 nitrogen and oxygen atoms in total. The number of aryl methyl sites for hydroxylation is 1. The van der Waals surface area contributed by atoms with Crippen molar-refractivity contribution in [3.63, 3.8) is 0 Å². The highest BCUT2D eigenvalue weighted by molar-refractivity contribution is 6.01. The fourth-order valence-electron chi connectivity index (χ4n) is 4.49. The smallest absolute Gasteiger partial charge is 0.235 e. The number of amides is 2. The number of anilines is 2. The molecule has 0 radical (unpaired) electrons. The van der Waals surface area contributed by atoms with Crippen LogP contribution in [0.4, 0.5) is 11.4 Å². The van der Waals surface area contributed by atoms with E-state index < -0.39 is 5.41 Å². The average Bonchev–Trinajstić information content (AvgIpc) is 3.32. The molecule has 2 aromatic carbocycles. The third-order valence-corrected chi connectivity index (χ3v) is 5.95. The molecule has 0 bridgehead atoms. The van der Waals surface area contributed by atoms with Crippen molar-refractivity contribution in [1.82, 2.24) is 0 Å². The van der Waals surface area contributed by atoms with Crippen LogP contribution in [0.1, 0.15) is 49.7 Å². The Balaban J connectivity index is 1.60. The van der Waals surface area contributed by atoms with Crippen LogP contribution in [0.25, 0.3) is 0 Å². The van der Waals surface area contributed by atoms with Gasteiger partial charge in [0.15, 0.2) is 0 Å². The fraction of sp³-hybridized carbons (Fsp3) is 0.391. The summed E-state index contributed by atoms with van der Waals surface area (Å²) in [5.74, 6) is 0.223. The van der Waals surface area contributed by atoms with Gasteiger partial charge < -0.3 is 10.2 Å². The van der Waals surface area contributed by atoms with E-state index in [4.69, 9.17) is 0 Å². The van der Waals surface area contributed by atoms with Gasteiger partial charge in [-0.25, -0.2) is 0 Å². The minimum Gasteiger partial charge on any atom is -0.325 e. The van der Waals surface area contributed by atoms with E-state index in [0.717, 1.165) is 55.6 Å². The molecule has 1 saturated heterocycles. The van der Waals surface area contributed by atoms with Crippen LogP contribution in [0, 0.1) is 6.92 Å². The molecule has 4 rings (SSSR count). The summed E-state index contributed by atoms with van der Waals surface area (Å²) in [5, 5.41) is 3.14. The Bertz CT molecular complexity index is 868. The maximum absolute atomic E-state index is 13.4. The van der Waals surface area contributed by atoms with Gasteiger partial charge in [-0.05, 0) is 49.9 Å². The molecule has 0 aromatic heterocycles. The Hall–Kier alpha value is -2.62. The molecule has 1 saturated carbocycles. The standard InChI is InChI=1S/C23H26N2O2/c1-17-7-4-8-18(15-17)23(12-2-3-13-23)22(27)24-19-9-5-10-20(16-19)25-14-6-11-21(25)26/h4-5,7-10,15-16H,2-3,6,11-14H2,1H3,(H,24,27). The lowest BCUT2D eigenvalue weighted by Crippen LogP contribution is -2.38. The van der Waals surface area contributed by atoms with Crippen LogP contribution >= 0.6 is 0 Å². The number of benzene rings is 2. The molecule has 0 atom stereocenters. The topological polar surface area (TPSA) is 49.4 Å². The van der Waals surface area contributed by atoms with E-state index in [9.17, 15) is 9.59 Å². The predicted molar refractivity (Wildman–Crippen MR) is 108 cm³/mol. The summed E-state index contributed by atoms with van der Waals surface area (Å²) in [6.07, 6.45) is 5.41. The number of rotatable bonds is 4. The molecule has 1 aliphatic carbocycles. The number of nitrogens with zero attached hydrogens (tertiary/aromatic N) is 1. The molecule has 0 spiro atoms. The van der Waals surface area contributed by atoms with Crippen LogP contribution in [0.3, 0.4) is 0 Å². The van der Waals surface area contributed by atoms with Crippen molar-refractivity contribution < 1.29 is 9.59 Å². The zero-order valence-corrected chi connectivity index (χ0v) is 15.8. The lowest BCUT2D eigenvalue weighted by atomic mass is 9.77. The van der Waals surface area contributed by atoms with Crippen molar-refractivity contribution in [3.8, 4) is 0 Å². The van der Waals surface area contributed by atoms with Crippen LogP contribution in [0.5, 0.6) is 0 Å². The van der Waals surface area contributed by atoms with Crippen molar-refractivity contribution in [2.45, 2.75) is 50.9 Å². The van der Waals surface area contributed by atoms with E-state index in [0.29, 0.717) is 6.42 Å². The highest BCUT2D eigenvalue weighted by atomic mass is 16.2. The monoisotopic (exact) mass is 362 g/mol. The summed E-state index contributed by atoms with van der Waals surface area (Å²) < 4.78 is 0. The van der Waals surface area contributed by atoms with Crippen molar-refractivity contribution in [3.05, 3.63) is 59.7 Å². The van der Waals surface area contributed by atoms with Crippen molar-refractivity contribution in [1.29, 1.82) is 0 Å². The molecule has 27 heavy (non-hydrogen) atoms. The van der Waals surface area contributed by atoms with Gasteiger partial charge in [-0.15, -0.1) is 0 Å². The summed E-state index contributed by atoms with van der Waals surface area (Å²) in [7, 11) is 0. The molecule has 4 heteroatoms. The van der Waals surface area contributed by atoms with Crippen molar-refractivity contribution in [2.24, 2.45) is 0 Å². The van der Waals surface area contributed by atoms with Gasteiger partial charge in [-0.3, -0.25) is 9.59 Å². The quantitative estimate of drug-likeness (QED) is 0.866. The maximum atomic E-state index is 13.4. The highest BCUT2D eigenvalue weighted by Gasteiger charge is 2.42. The summed E-state index contributed by atoms with van der Waals surface area (Å²) in [4.78, 5) is 27.2. The van der Waals surface area contributed by atoms with Crippen molar-refractivity contribution in [2.75, 3.05) is 16.8 Å². The Morgan fingerprint density at radius 1 is 1.04 bits per heavy atom. The Morgan fingerprint density at radius 3 is 2.52 bits per heavy atom. The first-order chi connectivity index (χ1) is 13.1.